The molecule has 5 nitrogen and oxygen atoms in total. The predicted molar refractivity (Wildman–Crippen MR) is 617 cm³/mol. The van der Waals surface area contributed by atoms with Crippen LogP contribution in [0.1, 0.15) is 186 Å². The molecule has 145 heavy (non-hydrogen) atoms. The lowest BCUT2D eigenvalue weighted by Gasteiger charge is -2.22. The Labute approximate surface area is 859 Å². The molecule has 722 valence electrons. The summed E-state index contributed by atoms with van der Waals surface area (Å²) in [5, 5.41) is 4.95. The summed E-state index contributed by atoms with van der Waals surface area (Å²) in [6.07, 6.45) is 20.4. The van der Waals surface area contributed by atoms with Crippen LogP contribution in [-0.4, -0.2) is 29.0 Å². The molecule has 0 atom stereocenters. The van der Waals surface area contributed by atoms with Gasteiger partial charge in [0.1, 0.15) is 17.2 Å². The van der Waals surface area contributed by atoms with Gasteiger partial charge >= 0.3 is 0 Å². The Morgan fingerprint density at radius 2 is 0.324 bits per heavy atom. The third-order valence-electron chi connectivity index (χ3n) is 30.4. The van der Waals surface area contributed by atoms with Crippen molar-refractivity contribution in [3.63, 3.8) is 0 Å². The second-order valence-electron chi connectivity index (χ2n) is 41.7. The summed E-state index contributed by atoms with van der Waals surface area (Å²) in [4.78, 5) is 0. The lowest BCUT2D eigenvalue weighted by atomic mass is 9.83. The van der Waals surface area contributed by atoms with E-state index < -0.39 is 0 Å². The van der Waals surface area contributed by atoms with Gasteiger partial charge in [-0.2, -0.15) is 0 Å². The minimum Gasteiger partial charge on any atom is -0.493 e. The maximum atomic E-state index is 5.94. The number of aromatic nitrogens is 2. The Balaban J connectivity index is 0.000000168. The van der Waals surface area contributed by atoms with Crippen LogP contribution in [0, 0.1) is 17.8 Å². The molecule has 3 aliphatic rings. The van der Waals surface area contributed by atoms with Crippen molar-refractivity contribution in [3.8, 4) is 162 Å². The van der Waals surface area contributed by atoms with E-state index in [-0.39, 0.29) is 0 Å². The van der Waals surface area contributed by atoms with Crippen molar-refractivity contribution in [2.45, 2.75) is 169 Å². The summed E-state index contributed by atoms with van der Waals surface area (Å²) in [6.45, 7) is 19.1. The predicted octanol–water partition coefficient (Wildman–Crippen LogP) is 39.8. The minimum atomic E-state index is 0.486. The molecular formula is C140H134N2O3. The van der Waals surface area contributed by atoms with Gasteiger partial charge in [0, 0.05) is 32.9 Å². The average molecular weight is 1890 g/mol. The maximum Gasteiger partial charge on any atom is 0.119 e. The van der Waals surface area contributed by atoms with Crippen molar-refractivity contribution in [1.29, 1.82) is 0 Å². The number of hydrogen-bond donors (Lipinski definition) is 0. The highest BCUT2D eigenvalue weighted by Crippen LogP contribution is 2.46. The highest BCUT2D eigenvalue weighted by atomic mass is 16.5. The molecule has 3 fully saturated rings. The van der Waals surface area contributed by atoms with Gasteiger partial charge in [-0.3, -0.25) is 0 Å². The first-order valence-electron chi connectivity index (χ1n) is 53.8. The van der Waals surface area contributed by atoms with E-state index in [4.69, 9.17) is 14.2 Å². The Morgan fingerprint density at radius 1 is 0.179 bits per heavy atom. The van der Waals surface area contributed by atoms with E-state index >= 15 is 0 Å². The molecule has 3 saturated carbocycles. The van der Waals surface area contributed by atoms with Crippen LogP contribution in [0.5, 0.6) is 17.2 Å². The highest BCUT2D eigenvalue weighted by molar-refractivity contribution is 6.13. The van der Waals surface area contributed by atoms with E-state index in [2.05, 4.69) is 463 Å². The first kappa shape index (κ1) is 96.1. The number of fused-ring (bicyclic) bond motifs is 6. The molecule has 0 saturated heterocycles. The van der Waals surface area contributed by atoms with Crippen molar-refractivity contribution < 1.29 is 14.2 Å². The molecule has 0 N–H and O–H groups in total. The van der Waals surface area contributed by atoms with E-state index in [1.165, 1.54) is 290 Å². The molecule has 0 spiro atoms. The summed E-state index contributed by atoms with van der Waals surface area (Å²) < 4.78 is 22.7. The zero-order chi connectivity index (χ0) is 98.6. The molecule has 18 aromatic carbocycles. The van der Waals surface area contributed by atoms with Gasteiger partial charge in [0.2, 0.25) is 0 Å². The van der Waals surface area contributed by atoms with E-state index in [0.717, 1.165) is 53.0 Å². The largest absolute Gasteiger partial charge is 0.493 e. The van der Waals surface area contributed by atoms with E-state index in [9.17, 15) is 0 Å². The minimum absolute atomic E-state index is 0.486. The van der Waals surface area contributed by atoms with E-state index in [1.54, 1.807) is 0 Å². The van der Waals surface area contributed by atoms with Gasteiger partial charge in [0.15, 0.2) is 0 Å². The quantitative estimate of drug-likeness (QED) is 0.0542. The normalized spacial score (nSPS) is 13.7. The molecule has 23 rings (SSSR count). The highest BCUT2D eigenvalue weighted by Gasteiger charge is 2.24. The molecule has 0 radical (unpaired) electrons. The molecule has 0 aliphatic heterocycles. The second kappa shape index (κ2) is 44.4. The summed E-state index contributed by atoms with van der Waals surface area (Å²) in [6, 6.07) is 154. The third-order valence-corrected chi connectivity index (χ3v) is 30.4. The Morgan fingerprint density at radius 3 is 0.497 bits per heavy atom. The van der Waals surface area contributed by atoms with Crippen molar-refractivity contribution in [2.24, 2.45) is 17.8 Å². The molecule has 3 aliphatic carbocycles. The van der Waals surface area contributed by atoms with Crippen LogP contribution in [0.3, 0.4) is 0 Å². The van der Waals surface area contributed by atoms with Crippen LogP contribution in [0.25, 0.3) is 189 Å². The SMILES string of the molecule is CC.CC(C)COc1ccc(-c2ccc(-c3ccc(-n4c5ccc(-c6ccc(-c7ccc(OCC(C)C)cc7)cc6)cc5c5cc(-c6ccc(-c7ccc(OCC(C)C)cc7)cc6)ccc54)cc3)cc2)cc1.c1cc(-c2ccc(-n3c4ccc(-c5ccc(-c6ccc(C7CCCCC7)cc6)cc5)cc4c4cc(-c5ccc(-c6ccc(C7CCCCC7)cc6)cc5)ccc43)cc2)ccc1-c1ccc(C2CCCCC2)cc1. The number of nitrogens with zero attached hydrogens (tertiary/aromatic N) is 2. The van der Waals surface area contributed by atoms with Gasteiger partial charge in [-0.25, -0.2) is 0 Å². The van der Waals surface area contributed by atoms with Gasteiger partial charge in [0.05, 0.1) is 41.9 Å². The summed E-state index contributed by atoms with van der Waals surface area (Å²) in [5.74, 6) is 6.37. The maximum absolute atomic E-state index is 5.94. The van der Waals surface area contributed by atoms with Gasteiger partial charge in [-0.15, -0.1) is 0 Å². The fourth-order valence-corrected chi connectivity index (χ4v) is 22.2. The fraction of sp³-hybridized carbons (Fsp3) is 0.229. The van der Waals surface area contributed by atoms with E-state index in [1.807, 2.05) is 13.8 Å². The molecule has 0 amide bonds. The number of benzene rings is 18. The van der Waals surface area contributed by atoms with Crippen molar-refractivity contribution in [1.82, 2.24) is 9.13 Å². The lowest BCUT2D eigenvalue weighted by Crippen LogP contribution is -2.04. The molecule has 2 heterocycles. The van der Waals surface area contributed by atoms with Crippen molar-refractivity contribution in [2.75, 3.05) is 19.8 Å². The summed E-state index contributed by atoms with van der Waals surface area (Å²) >= 11 is 0. The second-order valence-corrected chi connectivity index (χ2v) is 41.7. The van der Waals surface area contributed by atoms with Crippen LogP contribution >= 0.6 is 0 Å². The first-order valence-corrected chi connectivity index (χ1v) is 53.8. The number of ether oxygens (including phenoxy) is 3. The summed E-state index contributed by atoms with van der Waals surface area (Å²) in [7, 11) is 0. The zero-order valence-corrected chi connectivity index (χ0v) is 85.6. The van der Waals surface area contributed by atoms with Crippen LogP contribution in [0.15, 0.2) is 413 Å². The molecule has 2 aromatic heterocycles. The lowest BCUT2D eigenvalue weighted by molar-refractivity contribution is 0.271. The van der Waals surface area contributed by atoms with Gasteiger partial charge in [-0.1, -0.05) is 416 Å². The Hall–Kier alpha value is -15.0. The third kappa shape index (κ3) is 21.9. The van der Waals surface area contributed by atoms with Crippen LogP contribution < -0.4 is 14.2 Å². The Kier molecular flexibility index (Phi) is 29.5. The van der Waals surface area contributed by atoms with Gasteiger partial charge in [-0.05, 0) is 333 Å². The zero-order valence-electron chi connectivity index (χ0n) is 85.6. The number of hydrogen-bond acceptors (Lipinski definition) is 3. The smallest absolute Gasteiger partial charge is 0.119 e. The van der Waals surface area contributed by atoms with Crippen molar-refractivity contribution >= 4 is 43.6 Å². The van der Waals surface area contributed by atoms with Gasteiger partial charge < -0.3 is 23.3 Å². The fourth-order valence-electron chi connectivity index (χ4n) is 22.2. The topological polar surface area (TPSA) is 37.6 Å². The molecular weight excluding hydrogens is 1760 g/mol. The average Bonchev–Trinajstić information content (AvgIpc) is 1.59. The molecule has 0 unspecified atom stereocenters. The Bertz CT molecular complexity index is 7410. The van der Waals surface area contributed by atoms with Crippen LogP contribution in [-0.2, 0) is 0 Å². The van der Waals surface area contributed by atoms with Crippen LogP contribution in [0.4, 0.5) is 0 Å². The molecule has 5 heteroatoms. The molecule has 0 bridgehead atoms. The van der Waals surface area contributed by atoms with Gasteiger partial charge in [0.25, 0.3) is 0 Å². The van der Waals surface area contributed by atoms with Crippen molar-refractivity contribution in [3.05, 3.63) is 429 Å². The monoisotopic (exact) mass is 1890 g/mol. The number of rotatable bonds is 26. The van der Waals surface area contributed by atoms with E-state index in [0.29, 0.717) is 31.0 Å². The summed E-state index contributed by atoms with van der Waals surface area (Å²) in [5.41, 5.74) is 40.8. The first-order chi connectivity index (χ1) is 71.3. The standard InChI is InChI=1S/C72H67N.C66H61NO3.C2H6/c1-4-10-50(11-5-1)53-16-22-56(23-17-53)59-28-30-62(31-29-59)63-40-44-68(45-41-63)73-71-46-42-66(64-36-32-60(33-37-64)57-24-18-54(19-25-57)51-12-6-2-7-13-51)48-69(71)70-49-67(43-47-72(70)73)65-38-34-61(35-39-65)58-26-20-55(21-27-58)52-14-8-3-9-15-52;1-44(2)41-68-60-31-21-52(22-32-60)48-9-7-47(8-10-48)51-19-29-59(30-20-51)67-65-37-27-57(55-15-11-49(12-16-55)53-23-33-61(34-24-53)69-42-45(3)4)39-63(65)64-40-58(28-38-66(64)67)56-17-13-50(14-18-56)54-25-35-62(36-26-54)70-43-46(5)6;1-2/h16-52H,1-15H2;7-40,44-46H,41-43H2,1-6H3;1-2H3. The molecule has 20 aromatic rings. The van der Waals surface area contributed by atoms with Crippen LogP contribution in [0.2, 0.25) is 0 Å².